The van der Waals surface area contributed by atoms with Gasteiger partial charge in [-0.15, -0.1) is 0 Å². The molecule has 1 aliphatic rings. The Kier molecular flexibility index (Phi) is 5.93. The first-order chi connectivity index (χ1) is 9.66. The summed E-state index contributed by atoms with van der Waals surface area (Å²) in [5.74, 6) is -0.0760. The predicted octanol–water partition coefficient (Wildman–Crippen LogP) is 4.85. The van der Waals surface area contributed by atoms with Gasteiger partial charge in [-0.1, -0.05) is 55.0 Å². The van der Waals surface area contributed by atoms with E-state index in [1.54, 1.807) is 24.3 Å². The average molecular weight is 312 g/mol. The Morgan fingerprint density at radius 3 is 2.30 bits per heavy atom. The molecule has 1 N–H and O–H groups in total. The molecule has 0 spiro atoms. The fourth-order valence-corrected chi connectivity index (χ4v) is 3.03. The van der Waals surface area contributed by atoms with Gasteiger partial charge in [-0.25, -0.2) is 0 Å². The van der Waals surface area contributed by atoms with Crippen molar-refractivity contribution < 1.29 is 4.79 Å². The number of rotatable bonds is 3. The number of amides is 1. The van der Waals surface area contributed by atoms with Crippen LogP contribution in [0.3, 0.4) is 0 Å². The fraction of sp³-hybridized carbons (Fsp3) is 0.438. The van der Waals surface area contributed by atoms with Crippen LogP contribution in [0.2, 0.25) is 10.0 Å². The Morgan fingerprint density at radius 2 is 1.70 bits per heavy atom. The van der Waals surface area contributed by atoms with Crippen LogP contribution >= 0.6 is 23.2 Å². The molecule has 1 aromatic rings. The Bertz CT molecular complexity index is 471. The Hall–Kier alpha value is -0.990. The maximum absolute atomic E-state index is 11.9. The van der Waals surface area contributed by atoms with Crippen LogP contribution < -0.4 is 5.32 Å². The summed E-state index contributed by atoms with van der Waals surface area (Å²) in [4.78, 5) is 11.9. The van der Waals surface area contributed by atoms with Gasteiger partial charge in [0.1, 0.15) is 0 Å². The monoisotopic (exact) mass is 311 g/mol. The molecular weight excluding hydrogens is 293 g/mol. The molecule has 20 heavy (non-hydrogen) atoms. The number of halogens is 2. The largest absolute Gasteiger partial charge is 0.350 e. The van der Waals surface area contributed by atoms with Crippen LogP contribution in [0.4, 0.5) is 0 Å². The van der Waals surface area contributed by atoms with E-state index >= 15 is 0 Å². The second-order valence-corrected chi connectivity index (χ2v) is 5.98. The summed E-state index contributed by atoms with van der Waals surface area (Å²) in [7, 11) is 0. The minimum Gasteiger partial charge on any atom is -0.350 e. The van der Waals surface area contributed by atoms with Crippen LogP contribution in [0.15, 0.2) is 24.3 Å². The molecule has 0 aromatic heterocycles. The van der Waals surface area contributed by atoms with Crippen molar-refractivity contribution in [3.05, 3.63) is 39.9 Å². The van der Waals surface area contributed by atoms with E-state index in [0.717, 1.165) is 12.8 Å². The third-order valence-corrected chi connectivity index (χ3v) is 4.26. The summed E-state index contributed by atoms with van der Waals surface area (Å²) in [6, 6.07) is 5.61. The molecule has 0 bridgehead atoms. The normalized spacial score (nSPS) is 17.1. The van der Waals surface area contributed by atoms with Crippen LogP contribution in [0.25, 0.3) is 6.08 Å². The third kappa shape index (κ3) is 4.53. The lowest BCUT2D eigenvalue weighted by molar-refractivity contribution is -0.117. The molecule has 2 nitrogen and oxygen atoms in total. The first kappa shape index (κ1) is 15.4. The lowest BCUT2D eigenvalue weighted by Crippen LogP contribution is -2.33. The number of hydrogen-bond acceptors (Lipinski definition) is 1. The van der Waals surface area contributed by atoms with Crippen LogP contribution in [0, 0.1) is 0 Å². The maximum atomic E-state index is 11.9. The molecular formula is C16H19Cl2NO. The number of hydrogen-bond donors (Lipinski definition) is 1. The Balaban J connectivity index is 1.95. The molecule has 1 saturated carbocycles. The summed E-state index contributed by atoms with van der Waals surface area (Å²) in [5.41, 5.74) is 0.687. The number of carbonyl (C=O) groups excluding carboxylic acids is 1. The van der Waals surface area contributed by atoms with Gasteiger partial charge in [-0.3, -0.25) is 4.79 Å². The van der Waals surface area contributed by atoms with Gasteiger partial charge in [0.2, 0.25) is 5.91 Å². The molecule has 0 heterocycles. The van der Waals surface area contributed by atoms with E-state index < -0.39 is 0 Å². The quantitative estimate of drug-likeness (QED) is 0.627. The van der Waals surface area contributed by atoms with Gasteiger partial charge in [-0.2, -0.15) is 0 Å². The summed E-state index contributed by atoms with van der Waals surface area (Å²) in [6.45, 7) is 0. The van der Waals surface area contributed by atoms with Crippen molar-refractivity contribution in [2.45, 2.75) is 44.6 Å². The predicted molar refractivity (Wildman–Crippen MR) is 85.1 cm³/mol. The van der Waals surface area contributed by atoms with Crippen LogP contribution in [0.5, 0.6) is 0 Å². The van der Waals surface area contributed by atoms with E-state index in [1.165, 1.54) is 31.8 Å². The zero-order chi connectivity index (χ0) is 14.4. The first-order valence-corrected chi connectivity index (χ1v) is 7.85. The van der Waals surface area contributed by atoms with Gasteiger partial charge in [0.05, 0.1) is 0 Å². The van der Waals surface area contributed by atoms with Crippen LogP contribution in [-0.4, -0.2) is 11.9 Å². The Labute approximate surface area is 130 Å². The molecule has 0 radical (unpaired) electrons. The lowest BCUT2D eigenvalue weighted by Gasteiger charge is -2.14. The molecule has 1 fully saturated rings. The van der Waals surface area contributed by atoms with E-state index in [9.17, 15) is 4.79 Å². The summed E-state index contributed by atoms with van der Waals surface area (Å²) < 4.78 is 0. The molecule has 1 aliphatic carbocycles. The zero-order valence-electron chi connectivity index (χ0n) is 11.4. The second kappa shape index (κ2) is 7.70. The highest BCUT2D eigenvalue weighted by molar-refractivity contribution is 6.37. The lowest BCUT2D eigenvalue weighted by atomic mass is 10.1. The third-order valence-electron chi connectivity index (χ3n) is 3.60. The number of benzene rings is 1. The Morgan fingerprint density at radius 1 is 1.10 bits per heavy atom. The van der Waals surface area contributed by atoms with Gasteiger partial charge in [0.15, 0.2) is 0 Å². The van der Waals surface area contributed by atoms with Gasteiger partial charge in [0.25, 0.3) is 0 Å². The molecule has 108 valence electrons. The minimum absolute atomic E-state index is 0.0760. The summed E-state index contributed by atoms with van der Waals surface area (Å²) in [6.07, 6.45) is 10.3. The van der Waals surface area contributed by atoms with E-state index in [0.29, 0.717) is 21.7 Å². The molecule has 2 rings (SSSR count). The molecule has 0 saturated heterocycles. The smallest absolute Gasteiger partial charge is 0.244 e. The number of carbonyl (C=O) groups is 1. The van der Waals surface area contributed by atoms with E-state index in [-0.39, 0.29) is 5.91 Å². The number of nitrogens with one attached hydrogen (secondary N) is 1. The van der Waals surface area contributed by atoms with Gasteiger partial charge in [-0.05, 0) is 31.1 Å². The van der Waals surface area contributed by atoms with E-state index in [1.807, 2.05) is 0 Å². The van der Waals surface area contributed by atoms with Crippen molar-refractivity contribution in [1.29, 1.82) is 0 Å². The standard InChI is InChI=1S/C16H19Cl2NO/c17-14-8-5-9-15(18)13(14)10-11-16(20)19-12-6-3-1-2-4-7-12/h5,8-12H,1-4,6-7H2,(H,19,20)/b11-10+. The van der Waals surface area contributed by atoms with Crippen molar-refractivity contribution in [3.63, 3.8) is 0 Å². The highest BCUT2D eigenvalue weighted by Crippen LogP contribution is 2.25. The molecule has 0 aliphatic heterocycles. The van der Waals surface area contributed by atoms with Crippen LogP contribution in [-0.2, 0) is 4.79 Å². The zero-order valence-corrected chi connectivity index (χ0v) is 12.9. The topological polar surface area (TPSA) is 29.1 Å². The van der Waals surface area contributed by atoms with E-state index in [2.05, 4.69) is 5.32 Å². The molecule has 1 aromatic carbocycles. The van der Waals surface area contributed by atoms with Gasteiger partial charge >= 0.3 is 0 Å². The van der Waals surface area contributed by atoms with Gasteiger partial charge < -0.3 is 5.32 Å². The summed E-state index contributed by atoms with van der Waals surface area (Å²) >= 11 is 12.1. The van der Waals surface area contributed by atoms with Crippen molar-refractivity contribution >= 4 is 35.2 Å². The molecule has 0 unspecified atom stereocenters. The van der Waals surface area contributed by atoms with Gasteiger partial charge in [0, 0.05) is 27.7 Å². The minimum atomic E-state index is -0.0760. The van der Waals surface area contributed by atoms with Crippen molar-refractivity contribution in [1.82, 2.24) is 5.32 Å². The second-order valence-electron chi connectivity index (χ2n) is 5.17. The summed E-state index contributed by atoms with van der Waals surface area (Å²) in [5, 5.41) is 4.16. The van der Waals surface area contributed by atoms with Crippen molar-refractivity contribution in [2.75, 3.05) is 0 Å². The molecule has 1 amide bonds. The van der Waals surface area contributed by atoms with Crippen LogP contribution in [0.1, 0.15) is 44.1 Å². The highest BCUT2D eigenvalue weighted by Gasteiger charge is 2.13. The molecule has 0 atom stereocenters. The fourth-order valence-electron chi connectivity index (χ4n) is 2.50. The highest BCUT2D eigenvalue weighted by atomic mass is 35.5. The van der Waals surface area contributed by atoms with Crippen molar-refractivity contribution in [2.24, 2.45) is 0 Å². The maximum Gasteiger partial charge on any atom is 0.244 e. The van der Waals surface area contributed by atoms with Crippen molar-refractivity contribution in [3.8, 4) is 0 Å². The average Bonchev–Trinajstić information content (AvgIpc) is 2.67. The molecule has 4 heteroatoms. The SMILES string of the molecule is O=C(/C=C/c1c(Cl)cccc1Cl)NC1CCCCCC1. The first-order valence-electron chi connectivity index (χ1n) is 7.09. The van der Waals surface area contributed by atoms with E-state index in [4.69, 9.17) is 23.2 Å².